The fourth-order valence-corrected chi connectivity index (χ4v) is 3.93. The molecule has 0 saturated heterocycles. The van der Waals surface area contributed by atoms with E-state index in [-0.39, 0.29) is 35.4 Å². The van der Waals surface area contributed by atoms with Crippen molar-refractivity contribution in [3.05, 3.63) is 66.3 Å². The Labute approximate surface area is 171 Å². The van der Waals surface area contributed by atoms with E-state index in [4.69, 9.17) is 9.47 Å². The minimum atomic E-state index is -0.506. The predicted octanol–water partition coefficient (Wildman–Crippen LogP) is 4.20. The molecule has 1 aromatic rings. The largest absolute Gasteiger partial charge is 0.457 e. The van der Waals surface area contributed by atoms with E-state index in [1.807, 2.05) is 26.8 Å². The molecule has 0 aliphatic heterocycles. The quantitative estimate of drug-likeness (QED) is 0.300. The second kappa shape index (κ2) is 8.19. The van der Waals surface area contributed by atoms with Crippen molar-refractivity contribution in [3.8, 4) is 5.75 Å². The van der Waals surface area contributed by atoms with Gasteiger partial charge < -0.3 is 9.47 Å². The molecule has 29 heavy (non-hydrogen) atoms. The summed E-state index contributed by atoms with van der Waals surface area (Å²) in [5.41, 5.74) is 1.18. The maximum atomic E-state index is 12.7. The number of hydrogen-bond acceptors (Lipinski definition) is 5. The molecule has 1 unspecified atom stereocenters. The molecule has 3 atom stereocenters. The van der Waals surface area contributed by atoms with E-state index in [2.05, 4.69) is 6.58 Å². The van der Waals surface area contributed by atoms with E-state index < -0.39 is 12.1 Å². The van der Waals surface area contributed by atoms with E-state index in [1.165, 1.54) is 6.08 Å². The molecule has 0 amide bonds. The van der Waals surface area contributed by atoms with E-state index >= 15 is 0 Å². The molecule has 2 aliphatic rings. The molecule has 152 valence electrons. The first-order valence-corrected chi connectivity index (χ1v) is 9.75. The van der Waals surface area contributed by atoms with Crippen LogP contribution >= 0.6 is 0 Å². The molecule has 1 saturated carbocycles. The monoisotopic (exact) mass is 394 g/mol. The van der Waals surface area contributed by atoms with E-state index in [0.29, 0.717) is 17.7 Å². The summed E-state index contributed by atoms with van der Waals surface area (Å²) in [6.07, 6.45) is 4.93. The molecule has 0 heterocycles. The third kappa shape index (κ3) is 4.39. The number of para-hydroxylation sites is 1. The van der Waals surface area contributed by atoms with Crippen LogP contribution in [0, 0.1) is 17.3 Å². The van der Waals surface area contributed by atoms with Gasteiger partial charge in [0.15, 0.2) is 5.78 Å². The van der Waals surface area contributed by atoms with Gasteiger partial charge in [-0.3, -0.25) is 9.59 Å². The number of Topliss-reactive ketones (excluding diaryl/α,β-unsaturated/α-hetero) is 1. The van der Waals surface area contributed by atoms with Crippen molar-refractivity contribution in [1.82, 2.24) is 0 Å². The van der Waals surface area contributed by atoms with Crippen LogP contribution in [0.15, 0.2) is 66.3 Å². The molecular formula is C24H26O5. The number of ketones is 1. The van der Waals surface area contributed by atoms with Crippen LogP contribution in [0.4, 0.5) is 0 Å². The Morgan fingerprint density at radius 1 is 1.24 bits per heavy atom. The summed E-state index contributed by atoms with van der Waals surface area (Å²) in [6.45, 7) is 9.42. The van der Waals surface area contributed by atoms with Crippen LogP contribution < -0.4 is 4.74 Å². The Balaban J connectivity index is 1.60. The van der Waals surface area contributed by atoms with Gasteiger partial charge >= 0.3 is 11.9 Å². The Bertz CT molecular complexity index is 891. The number of benzene rings is 1. The second-order valence-electron chi connectivity index (χ2n) is 8.13. The van der Waals surface area contributed by atoms with Gasteiger partial charge in [-0.25, -0.2) is 4.79 Å². The highest BCUT2D eigenvalue weighted by atomic mass is 16.5. The van der Waals surface area contributed by atoms with Crippen molar-refractivity contribution in [3.63, 3.8) is 0 Å². The Kier molecular flexibility index (Phi) is 5.87. The Hall–Kier alpha value is -2.95. The van der Waals surface area contributed by atoms with E-state index in [1.54, 1.807) is 36.4 Å². The number of carbonyl (C=O) groups is 3. The first kappa shape index (κ1) is 20.8. The molecule has 0 N–H and O–H groups in total. The number of hydrogen-bond donors (Lipinski definition) is 0. The molecule has 5 heteroatoms. The van der Waals surface area contributed by atoms with Crippen LogP contribution in [-0.2, 0) is 19.1 Å². The summed E-state index contributed by atoms with van der Waals surface area (Å²) in [5, 5.41) is 0. The lowest BCUT2D eigenvalue weighted by Gasteiger charge is -2.13. The highest BCUT2D eigenvalue weighted by molar-refractivity contribution is 6.00. The average molecular weight is 394 g/mol. The van der Waals surface area contributed by atoms with Crippen LogP contribution in [-0.4, -0.2) is 23.8 Å². The molecule has 0 spiro atoms. The summed E-state index contributed by atoms with van der Waals surface area (Å²) in [5.74, 6) is -0.813. The third-order valence-electron chi connectivity index (χ3n) is 5.84. The van der Waals surface area contributed by atoms with E-state index in [0.717, 1.165) is 5.57 Å². The van der Waals surface area contributed by atoms with Gasteiger partial charge in [-0.2, -0.15) is 0 Å². The van der Waals surface area contributed by atoms with Crippen molar-refractivity contribution < 1.29 is 23.9 Å². The van der Waals surface area contributed by atoms with Gasteiger partial charge in [-0.1, -0.05) is 44.2 Å². The maximum Gasteiger partial charge on any atom is 0.335 e. The van der Waals surface area contributed by atoms with Crippen molar-refractivity contribution in [1.29, 1.82) is 0 Å². The predicted molar refractivity (Wildman–Crippen MR) is 109 cm³/mol. The second-order valence-corrected chi connectivity index (χ2v) is 8.13. The van der Waals surface area contributed by atoms with Gasteiger partial charge in [0.2, 0.25) is 0 Å². The standard InChI is InChI=1S/C24H26O5/c1-5-9-17-15(2)20(14-19(17)25)29-23(27)22-18(24(22,3)4)12-13-21(26)28-16-10-7-6-8-11-16/h5-8,10-13,18,20,22H,1,9,14H2,2-4H3/t18-,20?,22-/m0/s1. The van der Waals surface area contributed by atoms with Crippen molar-refractivity contribution in [2.75, 3.05) is 0 Å². The number of esters is 2. The van der Waals surface area contributed by atoms with Crippen molar-refractivity contribution >= 4 is 17.7 Å². The van der Waals surface area contributed by atoms with Crippen LogP contribution in [0.2, 0.25) is 0 Å². The molecule has 0 radical (unpaired) electrons. The van der Waals surface area contributed by atoms with Crippen LogP contribution in [0.25, 0.3) is 0 Å². The molecular weight excluding hydrogens is 368 g/mol. The average Bonchev–Trinajstić information content (AvgIpc) is 3.14. The van der Waals surface area contributed by atoms with Gasteiger partial charge in [-0.05, 0) is 42.4 Å². The van der Waals surface area contributed by atoms with Crippen LogP contribution in [0.1, 0.15) is 33.6 Å². The highest BCUT2D eigenvalue weighted by Gasteiger charge is 2.61. The lowest BCUT2D eigenvalue weighted by molar-refractivity contribution is -0.150. The number of allylic oxidation sites excluding steroid dienone is 3. The van der Waals surface area contributed by atoms with Gasteiger partial charge in [0.25, 0.3) is 0 Å². The first-order valence-electron chi connectivity index (χ1n) is 9.75. The number of ether oxygens (including phenoxy) is 2. The zero-order valence-electron chi connectivity index (χ0n) is 17.0. The highest BCUT2D eigenvalue weighted by Crippen LogP contribution is 2.59. The first-order chi connectivity index (χ1) is 13.8. The van der Waals surface area contributed by atoms with Crippen molar-refractivity contribution in [2.45, 2.75) is 39.7 Å². The third-order valence-corrected chi connectivity index (χ3v) is 5.84. The lowest BCUT2D eigenvalue weighted by Crippen LogP contribution is -2.20. The lowest BCUT2D eigenvalue weighted by atomic mass is 10.1. The summed E-state index contributed by atoms with van der Waals surface area (Å²) < 4.78 is 10.9. The molecule has 1 fully saturated rings. The van der Waals surface area contributed by atoms with Gasteiger partial charge in [0.05, 0.1) is 12.3 Å². The van der Waals surface area contributed by atoms with Gasteiger partial charge in [0.1, 0.15) is 11.9 Å². The Morgan fingerprint density at radius 2 is 1.93 bits per heavy atom. The smallest absolute Gasteiger partial charge is 0.335 e. The SMILES string of the molecule is C=CCC1=C(C)C(OC(=O)[C@@H]2[C@H](C=CC(=O)Oc3ccccc3)C2(C)C)CC1=O. The molecule has 0 aromatic heterocycles. The normalized spacial score (nSPS) is 25.2. The minimum Gasteiger partial charge on any atom is -0.457 e. The minimum absolute atomic E-state index is 0.00959. The zero-order chi connectivity index (χ0) is 21.2. The number of rotatable bonds is 7. The van der Waals surface area contributed by atoms with E-state index in [9.17, 15) is 14.4 Å². The topological polar surface area (TPSA) is 69.7 Å². The van der Waals surface area contributed by atoms with Crippen LogP contribution in [0.3, 0.4) is 0 Å². The maximum absolute atomic E-state index is 12.7. The molecule has 0 bridgehead atoms. The van der Waals surface area contributed by atoms with Crippen LogP contribution in [0.5, 0.6) is 5.75 Å². The van der Waals surface area contributed by atoms with Gasteiger partial charge in [-0.15, -0.1) is 6.58 Å². The fourth-order valence-electron chi connectivity index (χ4n) is 3.93. The number of carbonyl (C=O) groups excluding carboxylic acids is 3. The molecule has 5 nitrogen and oxygen atoms in total. The molecule has 2 aliphatic carbocycles. The van der Waals surface area contributed by atoms with Gasteiger partial charge in [0, 0.05) is 11.6 Å². The summed E-state index contributed by atoms with van der Waals surface area (Å²) in [4.78, 5) is 36.8. The molecule has 1 aromatic carbocycles. The summed E-state index contributed by atoms with van der Waals surface area (Å²) in [6, 6.07) is 8.81. The van der Waals surface area contributed by atoms with Crippen molar-refractivity contribution in [2.24, 2.45) is 17.3 Å². The summed E-state index contributed by atoms with van der Waals surface area (Å²) >= 11 is 0. The Morgan fingerprint density at radius 3 is 2.59 bits per heavy atom. The zero-order valence-corrected chi connectivity index (χ0v) is 17.0. The molecule has 3 rings (SSSR count). The summed E-state index contributed by atoms with van der Waals surface area (Å²) in [7, 11) is 0. The fraction of sp³-hybridized carbons (Fsp3) is 0.375.